The van der Waals surface area contributed by atoms with Crippen molar-refractivity contribution in [3.05, 3.63) is 23.6 Å². The first-order valence-corrected chi connectivity index (χ1v) is 6.63. The minimum absolute atomic E-state index is 0.0227. The van der Waals surface area contributed by atoms with E-state index in [9.17, 15) is 9.18 Å². The predicted octanol–water partition coefficient (Wildman–Crippen LogP) is 2.20. The number of carbonyl (C=O) groups excluding carboxylic acids is 1. The molecule has 0 aliphatic rings. The average Bonchev–Trinajstić information content (AvgIpc) is 2.44. The van der Waals surface area contributed by atoms with Crippen molar-refractivity contribution in [3.8, 4) is 0 Å². The maximum Gasteiger partial charge on any atom is 0.254 e. The highest BCUT2D eigenvalue weighted by Crippen LogP contribution is 2.15. The van der Waals surface area contributed by atoms with Gasteiger partial charge < -0.3 is 15.4 Å². The fourth-order valence-corrected chi connectivity index (χ4v) is 1.45. The molecule has 0 saturated carbocycles. The summed E-state index contributed by atoms with van der Waals surface area (Å²) in [7, 11) is 1.56. The van der Waals surface area contributed by atoms with E-state index < -0.39 is 17.3 Å². The molecule has 0 aliphatic heterocycles. The molecular weight excluding hydrogens is 261 g/mol. The summed E-state index contributed by atoms with van der Waals surface area (Å²) in [5, 5.41) is 5.51. The molecule has 0 radical (unpaired) electrons. The number of methoxy groups -OCH3 is 1. The number of halogens is 1. The van der Waals surface area contributed by atoms with Crippen LogP contribution in [0.3, 0.4) is 0 Å². The van der Waals surface area contributed by atoms with Crippen molar-refractivity contribution < 1.29 is 13.9 Å². The Balaban J connectivity index is 2.78. The van der Waals surface area contributed by atoms with E-state index >= 15 is 0 Å². The van der Waals surface area contributed by atoms with E-state index in [0.29, 0.717) is 13.1 Å². The molecule has 1 heterocycles. The van der Waals surface area contributed by atoms with Crippen molar-refractivity contribution in [2.45, 2.75) is 32.8 Å². The zero-order valence-electron chi connectivity index (χ0n) is 12.4. The van der Waals surface area contributed by atoms with Crippen LogP contribution in [0.15, 0.2) is 12.3 Å². The van der Waals surface area contributed by atoms with Crippen LogP contribution < -0.4 is 10.6 Å². The number of amides is 1. The number of hydrogen-bond acceptors (Lipinski definition) is 4. The zero-order valence-corrected chi connectivity index (χ0v) is 12.4. The number of hydrogen-bond donors (Lipinski definition) is 2. The third kappa shape index (κ3) is 4.45. The largest absolute Gasteiger partial charge is 0.377 e. The summed E-state index contributed by atoms with van der Waals surface area (Å²) in [5.41, 5.74) is -0.520. The second-order valence-corrected chi connectivity index (χ2v) is 5.09. The molecule has 0 fully saturated rings. The summed E-state index contributed by atoms with van der Waals surface area (Å²) in [6.07, 6.45) is 2.26. The van der Waals surface area contributed by atoms with Gasteiger partial charge in [-0.05, 0) is 26.3 Å². The summed E-state index contributed by atoms with van der Waals surface area (Å²) in [6.45, 7) is 6.54. The second-order valence-electron chi connectivity index (χ2n) is 5.09. The topological polar surface area (TPSA) is 63.2 Å². The van der Waals surface area contributed by atoms with E-state index in [-0.39, 0.29) is 11.4 Å². The van der Waals surface area contributed by atoms with Crippen LogP contribution >= 0.6 is 0 Å². The Labute approximate surface area is 118 Å². The van der Waals surface area contributed by atoms with Gasteiger partial charge in [0.05, 0.1) is 11.2 Å². The fourth-order valence-electron chi connectivity index (χ4n) is 1.45. The molecule has 1 amide bonds. The summed E-state index contributed by atoms with van der Waals surface area (Å²) >= 11 is 0. The molecule has 1 rings (SSSR count). The molecule has 2 N–H and O–H groups in total. The molecule has 1 aromatic heterocycles. The predicted molar refractivity (Wildman–Crippen MR) is 76.4 cm³/mol. The second kappa shape index (κ2) is 7.19. The molecular formula is C14H22FN3O2. The average molecular weight is 283 g/mol. The van der Waals surface area contributed by atoms with Gasteiger partial charge in [-0.1, -0.05) is 6.92 Å². The zero-order chi connectivity index (χ0) is 15.2. The highest BCUT2D eigenvalue weighted by Gasteiger charge is 2.20. The van der Waals surface area contributed by atoms with Crippen LogP contribution in [-0.4, -0.2) is 36.7 Å². The quantitative estimate of drug-likeness (QED) is 0.805. The van der Waals surface area contributed by atoms with Crippen molar-refractivity contribution in [1.29, 1.82) is 0 Å². The first-order chi connectivity index (χ1) is 9.41. The first kappa shape index (κ1) is 16.4. The van der Waals surface area contributed by atoms with Crippen LogP contribution in [-0.2, 0) is 4.74 Å². The molecule has 1 aromatic rings. The molecule has 0 atom stereocenters. The van der Waals surface area contributed by atoms with Gasteiger partial charge in [-0.25, -0.2) is 9.37 Å². The highest BCUT2D eigenvalue weighted by atomic mass is 19.1. The van der Waals surface area contributed by atoms with Crippen LogP contribution in [0.4, 0.5) is 10.2 Å². The van der Waals surface area contributed by atoms with Crippen LogP contribution in [0, 0.1) is 5.82 Å². The third-order valence-corrected chi connectivity index (χ3v) is 2.90. The van der Waals surface area contributed by atoms with Gasteiger partial charge in [0, 0.05) is 26.4 Å². The molecule has 0 aromatic carbocycles. The van der Waals surface area contributed by atoms with Crippen LogP contribution in [0.5, 0.6) is 0 Å². The highest BCUT2D eigenvalue weighted by molar-refractivity contribution is 5.95. The fraction of sp³-hybridized carbons (Fsp3) is 0.571. The maximum absolute atomic E-state index is 14.1. The van der Waals surface area contributed by atoms with Crippen LogP contribution in [0.2, 0.25) is 0 Å². The van der Waals surface area contributed by atoms with Crippen molar-refractivity contribution >= 4 is 11.7 Å². The lowest BCUT2D eigenvalue weighted by Crippen LogP contribution is -2.40. The molecule has 0 aliphatic carbocycles. The molecule has 0 bridgehead atoms. The number of anilines is 1. The van der Waals surface area contributed by atoms with Crippen molar-refractivity contribution in [3.63, 3.8) is 0 Å². The number of rotatable bonds is 7. The molecule has 0 unspecified atom stereocenters. The molecule has 6 heteroatoms. The third-order valence-electron chi connectivity index (χ3n) is 2.90. The van der Waals surface area contributed by atoms with E-state index in [4.69, 9.17) is 4.74 Å². The van der Waals surface area contributed by atoms with Gasteiger partial charge in [0.15, 0.2) is 11.6 Å². The van der Waals surface area contributed by atoms with Gasteiger partial charge in [0.1, 0.15) is 0 Å². The van der Waals surface area contributed by atoms with Crippen LogP contribution in [0.25, 0.3) is 0 Å². The van der Waals surface area contributed by atoms with Gasteiger partial charge in [-0.3, -0.25) is 4.79 Å². The monoisotopic (exact) mass is 283 g/mol. The normalized spacial score (nSPS) is 11.2. The van der Waals surface area contributed by atoms with Gasteiger partial charge in [0.25, 0.3) is 5.91 Å². The van der Waals surface area contributed by atoms with Crippen molar-refractivity contribution in [2.24, 2.45) is 0 Å². The summed E-state index contributed by atoms with van der Waals surface area (Å²) in [4.78, 5) is 15.9. The SMILES string of the molecule is CCCNc1nccc(C(=O)NCC(C)(C)OC)c1F. The van der Waals surface area contributed by atoms with E-state index in [1.807, 2.05) is 20.8 Å². The lowest BCUT2D eigenvalue weighted by molar-refractivity contribution is 0.0228. The van der Waals surface area contributed by atoms with Crippen LogP contribution in [0.1, 0.15) is 37.6 Å². The van der Waals surface area contributed by atoms with E-state index in [1.165, 1.54) is 12.3 Å². The van der Waals surface area contributed by atoms with Gasteiger partial charge in [-0.15, -0.1) is 0 Å². The number of ether oxygens (including phenoxy) is 1. The standard InChI is InChI=1S/C14H22FN3O2/c1-5-7-16-12-11(15)10(6-8-17-12)13(19)18-9-14(2,3)20-4/h6,8H,5,7,9H2,1-4H3,(H,16,17)(H,18,19). The van der Waals surface area contributed by atoms with Gasteiger partial charge in [-0.2, -0.15) is 0 Å². The number of nitrogens with one attached hydrogen (secondary N) is 2. The minimum Gasteiger partial charge on any atom is -0.377 e. The first-order valence-electron chi connectivity index (χ1n) is 6.63. The van der Waals surface area contributed by atoms with Crippen molar-refractivity contribution in [1.82, 2.24) is 10.3 Å². The maximum atomic E-state index is 14.1. The van der Waals surface area contributed by atoms with E-state index in [0.717, 1.165) is 6.42 Å². The Bertz CT molecular complexity index is 464. The van der Waals surface area contributed by atoms with Gasteiger partial charge in [0.2, 0.25) is 0 Å². The number of carbonyl (C=O) groups is 1. The number of pyridine rings is 1. The van der Waals surface area contributed by atoms with E-state index in [1.54, 1.807) is 7.11 Å². The molecule has 0 spiro atoms. The summed E-state index contributed by atoms with van der Waals surface area (Å²) in [5.74, 6) is -1.01. The molecule has 112 valence electrons. The Morgan fingerprint density at radius 1 is 1.50 bits per heavy atom. The lowest BCUT2D eigenvalue weighted by Gasteiger charge is -2.23. The number of nitrogens with zero attached hydrogens (tertiary/aromatic N) is 1. The lowest BCUT2D eigenvalue weighted by atomic mass is 10.1. The minimum atomic E-state index is -0.631. The van der Waals surface area contributed by atoms with Crippen molar-refractivity contribution in [2.75, 3.05) is 25.5 Å². The summed E-state index contributed by atoms with van der Waals surface area (Å²) in [6, 6.07) is 1.36. The Morgan fingerprint density at radius 2 is 2.20 bits per heavy atom. The molecule has 5 nitrogen and oxygen atoms in total. The Kier molecular flexibility index (Phi) is 5.88. The molecule has 20 heavy (non-hydrogen) atoms. The summed E-state index contributed by atoms with van der Waals surface area (Å²) < 4.78 is 19.3. The van der Waals surface area contributed by atoms with E-state index in [2.05, 4.69) is 15.6 Å². The Morgan fingerprint density at radius 3 is 2.80 bits per heavy atom. The number of aromatic nitrogens is 1. The Hall–Kier alpha value is -1.69. The van der Waals surface area contributed by atoms with Gasteiger partial charge >= 0.3 is 0 Å². The molecule has 0 saturated heterocycles. The smallest absolute Gasteiger partial charge is 0.254 e.